The number of alkyl halides is 3. The number of ether oxygens (including phenoxy) is 2. The first-order chi connectivity index (χ1) is 14.5. The Morgan fingerprint density at radius 3 is 2.06 bits per heavy atom. The molecule has 0 unspecified atom stereocenters. The molecule has 0 radical (unpaired) electrons. The largest absolute Gasteiger partial charge is 0.485 e. The number of nitrogens with zero attached hydrogens (tertiary/aromatic N) is 1. The third-order valence-electron chi connectivity index (χ3n) is 5.19. The van der Waals surface area contributed by atoms with Crippen molar-refractivity contribution in [1.29, 1.82) is 0 Å². The number of piperidine rings is 1. The fourth-order valence-electron chi connectivity index (χ4n) is 3.66. The summed E-state index contributed by atoms with van der Waals surface area (Å²) in [4.78, 5) is 14.0. The van der Waals surface area contributed by atoms with E-state index in [0.717, 1.165) is 12.1 Å². The van der Waals surface area contributed by atoms with E-state index in [2.05, 4.69) is 0 Å². The maximum Gasteiger partial charge on any atom is 0.416 e. The Hall–Kier alpha value is -2.70. The summed E-state index contributed by atoms with van der Waals surface area (Å²) in [6.07, 6.45) is -3.81. The van der Waals surface area contributed by atoms with Gasteiger partial charge in [-0.1, -0.05) is 30.3 Å². The van der Waals surface area contributed by atoms with Gasteiger partial charge in [0.1, 0.15) is 17.5 Å². The Bertz CT molecular complexity index is 852. The van der Waals surface area contributed by atoms with Crippen molar-refractivity contribution in [3.8, 4) is 5.75 Å². The van der Waals surface area contributed by atoms with Gasteiger partial charge in [-0.15, -0.1) is 0 Å². The third kappa shape index (κ3) is 6.39. The summed E-state index contributed by atoms with van der Waals surface area (Å²) < 4.78 is 50.6. The van der Waals surface area contributed by atoms with Gasteiger partial charge in [0.15, 0.2) is 0 Å². The molecule has 1 atom stereocenters. The average Bonchev–Trinajstić information content (AvgIpc) is 2.71. The molecule has 0 bridgehead atoms. The summed E-state index contributed by atoms with van der Waals surface area (Å²) in [6.45, 7) is 6.49. The highest BCUT2D eigenvalue weighted by atomic mass is 19.4. The molecule has 0 spiro atoms. The van der Waals surface area contributed by atoms with Gasteiger partial charge < -0.3 is 14.4 Å². The highest BCUT2D eigenvalue weighted by molar-refractivity contribution is 5.68. The number of hydrogen-bond donors (Lipinski definition) is 0. The van der Waals surface area contributed by atoms with Gasteiger partial charge in [0.2, 0.25) is 0 Å². The number of carbonyl (C=O) groups excluding carboxylic acids is 1. The van der Waals surface area contributed by atoms with Gasteiger partial charge in [-0.2, -0.15) is 13.2 Å². The van der Waals surface area contributed by atoms with Crippen LogP contribution in [0.3, 0.4) is 0 Å². The summed E-state index contributed by atoms with van der Waals surface area (Å²) in [6, 6.07) is 14.4. The minimum absolute atomic E-state index is 0.0515. The van der Waals surface area contributed by atoms with E-state index in [1.54, 1.807) is 4.90 Å². The molecule has 1 heterocycles. The van der Waals surface area contributed by atoms with Crippen LogP contribution in [0.25, 0.3) is 0 Å². The molecule has 0 aliphatic carbocycles. The normalized spacial score (nSPS) is 16.6. The number of benzene rings is 2. The second-order valence-corrected chi connectivity index (χ2v) is 8.78. The molecule has 168 valence electrons. The van der Waals surface area contributed by atoms with Crippen LogP contribution in [0.1, 0.15) is 50.8 Å². The number of halogens is 3. The van der Waals surface area contributed by atoms with Gasteiger partial charge in [-0.3, -0.25) is 0 Å². The summed E-state index contributed by atoms with van der Waals surface area (Å²) in [5, 5.41) is 0. The fourth-order valence-corrected chi connectivity index (χ4v) is 3.66. The van der Waals surface area contributed by atoms with Crippen molar-refractivity contribution in [2.45, 2.75) is 51.5 Å². The smallest absolute Gasteiger partial charge is 0.416 e. The van der Waals surface area contributed by atoms with Crippen molar-refractivity contribution in [2.75, 3.05) is 13.1 Å². The van der Waals surface area contributed by atoms with Gasteiger partial charge in [0.05, 0.1) is 5.56 Å². The molecule has 1 saturated heterocycles. The molecule has 31 heavy (non-hydrogen) atoms. The van der Waals surface area contributed by atoms with E-state index < -0.39 is 23.4 Å². The van der Waals surface area contributed by atoms with Crippen LogP contribution in [0.2, 0.25) is 0 Å². The van der Waals surface area contributed by atoms with Crippen LogP contribution >= 0.6 is 0 Å². The standard InChI is InChI=1S/C24H28F3NO3/c1-23(2,3)31-22(29)28-15-13-18(14-16-28)21(30-20-7-5-4-6-8-20)17-9-11-19(12-10-17)24(25,26)27/h4-12,18,21H,13-16H2,1-3H3/t21-/m0/s1. The fraction of sp³-hybridized carbons (Fsp3) is 0.458. The quantitative estimate of drug-likeness (QED) is 0.552. The van der Waals surface area contributed by atoms with Crippen LogP contribution in [-0.4, -0.2) is 29.7 Å². The van der Waals surface area contributed by atoms with E-state index in [-0.39, 0.29) is 12.0 Å². The molecule has 0 N–H and O–H groups in total. The average molecular weight is 435 g/mol. The molecule has 2 aromatic carbocycles. The number of para-hydroxylation sites is 1. The number of amides is 1. The van der Waals surface area contributed by atoms with Crippen molar-refractivity contribution < 1.29 is 27.4 Å². The highest BCUT2D eigenvalue weighted by Gasteiger charge is 2.34. The highest BCUT2D eigenvalue weighted by Crippen LogP contribution is 2.37. The molecule has 1 fully saturated rings. The molecule has 0 aromatic heterocycles. The minimum atomic E-state index is -4.38. The number of rotatable bonds is 4. The lowest BCUT2D eigenvalue weighted by Crippen LogP contribution is -2.43. The first-order valence-electron chi connectivity index (χ1n) is 10.4. The molecular weight excluding hydrogens is 407 g/mol. The maximum atomic E-state index is 13.0. The van der Waals surface area contributed by atoms with E-state index in [4.69, 9.17) is 9.47 Å². The van der Waals surface area contributed by atoms with Gasteiger partial charge in [0.25, 0.3) is 0 Å². The van der Waals surface area contributed by atoms with Crippen molar-refractivity contribution in [3.63, 3.8) is 0 Å². The molecule has 2 aromatic rings. The van der Waals surface area contributed by atoms with E-state index in [1.807, 2.05) is 51.1 Å². The Morgan fingerprint density at radius 2 is 1.55 bits per heavy atom. The molecule has 7 heteroatoms. The summed E-state index contributed by atoms with van der Waals surface area (Å²) in [5.41, 5.74) is -0.561. The van der Waals surface area contributed by atoms with Gasteiger partial charge in [-0.25, -0.2) is 4.79 Å². The SMILES string of the molecule is CC(C)(C)OC(=O)N1CCC([C@@H](Oc2ccccc2)c2ccc(C(F)(F)F)cc2)CC1. The zero-order valence-corrected chi connectivity index (χ0v) is 18.0. The van der Waals surface area contributed by atoms with E-state index in [9.17, 15) is 18.0 Å². The third-order valence-corrected chi connectivity index (χ3v) is 5.19. The van der Waals surface area contributed by atoms with E-state index in [1.165, 1.54) is 12.1 Å². The van der Waals surface area contributed by atoms with Crippen molar-refractivity contribution in [3.05, 3.63) is 65.7 Å². The molecular formula is C24H28F3NO3. The van der Waals surface area contributed by atoms with Crippen molar-refractivity contribution in [1.82, 2.24) is 4.90 Å². The van der Waals surface area contributed by atoms with Crippen molar-refractivity contribution in [2.24, 2.45) is 5.92 Å². The first-order valence-corrected chi connectivity index (χ1v) is 10.4. The van der Waals surface area contributed by atoms with E-state index in [0.29, 0.717) is 37.2 Å². The molecule has 1 amide bonds. The lowest BCUT2D eigenvalue weighted by Gasteiger charge is -2.37. The van der Waals surface area contributed by atoms with Crippen LogP contribution < -0.4 is 4.74 Å². The summed E-state index contributed by atoms with van der Waals surface area (Å²) in [7, 11) is 0. The first kappa shape index (κ1) is 23.0. The molecule has 4 nitrogen and oxygen atoms in total. The summed E-state index contributed by atoms with van der Waals surface area (Å²) >= 11 is 0. The number of likely N-dealkylation sites (tertiary alicyclic amines) is 1. The topological polar surface area (TPSA) is 38.8 Å². The van der Waals surface area contributed by atoms with Gasteiger partial charge in [-0.05, 0) is 63.4 Å². The zero-order chi connectivity index (χ0) is 22.6. The lowest BCUT2D eigenvalue weighted by atomic mass is 9.87. The zero-order valence-electron chi connectivity index (χ0n) is 18.0. The monoisotopic (exact) mass is 435 g/mol. The van der Waals surface area contributed by atoms with Crippen LogP contribution in [-0.2, 0) is 10.9 Å². The lowest BCUT2D eigenvalue weighted by molar-refractivity contribution is -0.137. The summed E-state index contributed by atoms with van der Waals surface area (Å²) in [5.74, 6) is 0.706. The number of hydrogen-bond acceptors (Lipinski definition) is 3. The Morgan fingerprint density at radius 1 is 0.968 bits per heavy atom. The van der Waals surface area contributed by atoms with Crippen LogP contribution in [0, 0.1) is 5.92 Å². The second kappa shape index (κ2) is 9.20. The Balaban J connectivity index is 1.76. The number of carbonyl (C=O) groups is 1. The van der Waals surface area contributed by atoms with Crippen LogP contribution in [0.15, 0.2) is 54.6 Å². The second-order valence-electron chi connectivity index (χ2n) is 8.78. The molecule has 3 rings (SSSR count). The van der Waals surface area contributed by atoms with Crippen LogP contribution in [0.5, 0.6) is 5.75 Å². The van der Waals surface area contributed by atoms with E-state index >= 15 is 0 Å². The van der Waals surface area contributed by atoms with Gasteiger partial charge in [0, 0.05) is 19.0 Å². The molecule has 1 aliphatic rings. The molecule has 1 aliphatic heterocycles. The predicted molar refractivity (Wildman–Crippen MR) is 112 cm³/mol. The Labute approximate surface area is 181 Å². The predicted octanol–water partition coefficient (Wildman–Crippen LogP) is 6.47. The minimum Gasteiger partial charge on any atom is -0.485 e. The van der Waals surface area contributed by atoms with Gasteiger partial charge >= 0.3 is 12.3 Å². The van der Waals surface area contributed by atoms with Crippen molar-refractivity contribution >= 4 is 6.09 Å². The van der Waals surface area contributed by atoms with Crippen LogP contribution in [0.4, 0.5) is 18.0 Å². The maximum absolute atomic E-state index is 13.0. The molecule has 0 saturated carbocycles. The Kier molecular flexibility index (Phi) is 6.82.